The van der Waals surface area contributed by atoms with Gasteiger partial charge in [0.2, 0.25) is 17.5 Å². The molecule has 2 aromatic rings. The van der Waals surface area contributed by atoms with Gasteiger partial charge < -0.3 is 96.8 Å². The molecule has 0 spiro atoms. The number of piperidine rings is 1. The number of benzene rings is 2. The molecular formula is C32H39F7N4O20. The summed E-state index contributed by atoms with van der Waals surface area (Å²) in [7, 11) is 0.322. The lowest BCUT2D eigenvalue weighted by Gasteiger charge is -2.67. The number of urea groups is 1. The van der Waals surface area contributed by atoms with Crippen LogP contribution < -0.4 is 0 Å². The van der Waals surface area contributed by atoms with Crippen LogP contribution >= 0.6 is 0 Å². The number of carbonyl (C=O) groups excluding carboxylic acids is 2. The second-order valence-corrected chi connectivity index (χ2v) is 14.8. The molecule has 3 unspecified atom stereocenters. The Bertz CT molecular complexity index is 2150. The molecule has 3 atom stereocenters. The third kappa shape index (κ3) is 6.65. The Kier molecular flexibility index (Phi) is 11.6. The van der Waals surface area contributed by atoms with Gasteiger partial charge in [-0.2, -0.15) is 35.6 Å². The molecule has 18 N–H and O–H groups in total. The van der Waals surface area contributed by atoms with Crippen molar-refractivity contribution in [2.45, 2.75) is 106 Å². The second-order valence-electron chi connectivity index (χ2n) is 14.8. The van der Waals surface area contributed by atoms with Crippen molar-refractivity contribution in [3.8, 4) is 23.0 Å². The molecule has 356 valence electrons. The number of nitrogens with zero attached hydrogens (tertiary/aromatic N) is 4. The monoisotopic (exact) mass is 932 g/mol. The van der Waals surface area contributed by atoms with E-state index in [1.807, 2.05) is 0 Å². The highest BCUT2D eigenvalue weighted by molar-refractivity contribution is 5.78. The van der Waals surface area contributed by atoms with E-state index in [2.05, 4.69) is 0 Å². The molecule has 2 heterocycles. The van der Waals surface area contributed by atoms with Gasteiger partial charge in [-0.15, -0.1) is 0 Å². The highest BCUT2D eigenvalue weighted by atomic mass is 19.4. The van der Waals surface area contributed by atoms with E-state index in [9.17, 15) is 132 Å². The molecule has 2 fully saturated rings. The predicted molar refractivity (Wildman–Crippen MR) is 178 cm³/mol. The first-order valence-electron chi connectivity index (χ1n) is 17.0. The number of hydrogen-bond donors (Lipinski definition) is 18. The van der Waals surface area contributed by atoms with E-state index >= 15 is 0 Å². The summed E-state index contributed by atoms with van der Waals surface area (Å²) in [5, 5.41) is 199. The molecule has 4 rings (SSSR count). The minimum atomic E-state index is -5.79. The molecule has 0 aliphatic carbocycles. The highest BCUT2D eigenvalue weighted by Crippen LogP contribution is 2.59. The summed E-state index contributed by atoms with van der Waals surface area (Å²) in [6.07, 6.45) is -11.4. The lowest BCUT2D eigenvalue weighted by molar-refractivity contribution is -0.623. The number of phenolic OH excluding ortho intramolecular Hbond substituents is 4. The molecule has 0 radical (unpaired) electrons. The Morgan fingerprint density at radius 2 is 1.06 bits per heavy atom. The van der Waals surface area contributed by atoms with Gasteiger partial charge in [-0.25, -0.2) is 9.69 Å². The molecule has 0 aromatic heterocycles. The number of halogens is 7. The maximum Gasteiger partial charge on any atom is 0.420 e. The van der Waals surface area contributed by atoms with Crippen LogP contribution in [0.4, 0.5) is 35.5 Å². The number of phenols is 4. The van der Waals surface area contributed by atoms with Crippen molar-refractivity contribution < 1.29 is 132 Å². The van der Waals surface area contributed by atoms with Crippen molar-refractivity contribution in [3.63, 3.8) is 0 Å². The number of carbonyl (C=O) groups is 2. The van der Waals surface area contributed by atoms with E-state index < -0.39 is 166 Å². The zero-order chi connectivity index (χ0) is 49.6. The molecule has 3 amide bonds. The molecule has 31 heteroatoms. The van der Waals surface area contributed by atoms with Crippen LogP contribution in [0.5, 0.6) is 23.0 Å². The van der Waals surface area contributed by atoms with Crippen LogP contribution in [0.15, 0.2) is 0 Å². The number of piperazine rings is 1. The highest BCUT2D eigenvalue weighted by Gasteiger charge is 2.86. The summed E-state index contributed by atoms with van der Waals surface area (Å²) in [5.41, 5.74) is -12.0. The van der Waals surface area contributed by atoms with Crippen LogP contribution in [0, 0.1) is 26.6 Å². The third-order valence-electron chi connectivity index (χ3n) is 11.1. The normalized spacial score (nSPS) is 24.2. The van der Waals surface area contributed by atoms with Crippen LogP contribution in [0.25, 0.3) is 0 Å². The Morgan fingerprint density at radius 3 is 1.46 bits per heavy atom. The summed E-state index contributed by atoms with van der Waals surface area (Å²) < 4.78 is 100. The average Bonchev–Trinajstić information content (AvgIpc) is 3.07. The van der Waals surface area contributed by atoms with E-state index in [4.69, 9.17) is 0 Å². The first-order valence-corrected chi connectivity index (χ1v) is 17.0. The maximum absolute atomic E-state index is 14.8. The Labute approximate surface area is 345 Å². The Hall–Kier alpha value is -4.71. The maximum atomic E-state index is 14.8. The van der Waals surface area contributed by atoms with Crippen molar-refractivity contribution >= 4 is 11.9 Å². The fourth-order valence-corrected chi connectivity index (χ4v) is 7.98. The molecule has 24 nitrogen and oxygen atoms in total. The number of hydrogen-bond acceptors (Lipinski definition) is 21. The molecule has 2 saturated heterocycles. The number of likely N-dealkylation sites (tertiary alicyclic amines) is 1. The summed E-state index contributed by atoms with van der Waals surface area (Å²) in [5.74, 6) is -50.2. The van der Waals surface area contributed by atoms with Gasteiger partial charge in [0.25, 0.3) is 5.79 Å². The van der Waals surface area contributed by atoms with Crippen molar-refractivity contribution in [1.29, 1.82) is 0 Å². The fraction of sp³-hybridized carbons (Fsp3) is 0.562. The van der Waals surface area contributed by atoms with E-state index in [1.165, 1.54) is 0 Å². The summed E-state index contributed by atoms with van der Waals surface area (Å²) in [4.78, 5) is 22.2. The van der Waals surface area contributed by atoms with Crippen LogP contribution in [0.1, 0.15) is 64.9 Å². The molecule has 0 bridgehead atoms. The SMILES string of the molecule is CC(=O)N1C(O)(O)C(O)(O)N(C2C(O)(O)C(c3c(C)c(O)c(F)c(O)c3O)N(C(=O)N(C)C(C)c3c(C)c(C(F)(F)F)c(C)c(C(F)(F)F)c3O)C(O)(O)C2(O)O)C(O)(O)C1(O)O. The van der Waals surface area contributed by atoms with Crippen LogP contribution in [0.3, 0.4) is 0 Å². The molecule has 0 saturated carbocycles. The molecule has 2 aliphatic heterocycles. The van der Waals surface area contributed by atoms with Gasteiger partial charge in [0.1, 0.15) is 23.4 Å². The Morgan fingerprint density at radius 1 is 0.635 bits per heavy atom. The number of alkyl halides is 6. The van der Waals surface area contributed by atoms with Crippen LogP contribution in [-0.4, -0.2) is 178 Å². The van der Waals surface area contributed by atoms with Crippen LogP contribution in [-0.2, 0) is 17.1 Å². The van der Waals surface area contributed by atoms with Gasteiger partial charge in [-0.3, -0.25) is 9.69 Å². The zero-order valence-corrected chi connectivity index (χ0v) is 32.5. The van der Waals surface area contributed by atoms with Crippen molar-refractivity contribution in [1.82, 2.24) is 19.6 Å². The lowest BCUT2D eigenvalue weighted by atomic mass is 9.76. The van der Waals surface area contributed by atoms with E-state index in [-0.39, 0.29) is 11.8 Å². The van der Waals surface area contributed by atoms with Gasteiger partial charge in [-0.1, -0.05) is 0 Å². The fourth-order valence-electron chi connectivity index (χ4n) is 7.98. The average molecular weight is 933 g/mol. The van der Waals surface area contributed by atoms with Gasteiger partial charge in [0.15, 0.2) is 17.2 Å². The van der Waals surface area contributed by atoms with E-state index in [0.29, 0.717) is 34.7 Å². The topological polar surface area (TPSA) is 411 Å². The predicted octanol–water partition coefficient (Wildman–Crippen LogP) is -4.13. The van der Waals surface area contributed by atoms with Gasteiger partial charge in [0, 0.05) is 30.7 Å². The van der Waals surface area contributed by atoms with Crippen molar-refractivity contribution in [3.05, 3.63) is 44.8 Å². The minimum Gasteiger partial charge on any atom is -0.507 e. The van der Waals surface area contributed by atoms with E-state index in [1.54, 1.807) is 0 Å². The lowest BCUT2D eigenvalue weighted by Crippen LogP contribution is -2.96. The standard InChI is InChI=1S/C32H39F7N4O20/c1-7-12(18(46)15(27(37,38)39)9(3)14(7)26(34,35)36)10(4)40(6)23(49)41-21(13-8(2)17(45)16(33)20(48)19(13)47)24(50,51)22(25(52,53)28(41,54)55)43-31(60,61)29(56,57)42(11(5)44)30(58,59)32(43,62)63/h10,21-22,45-48,50-63H,1-6H3. The smallest absolute Gasteiger partial charge is 0.420 e. The Balaban J connectivity index is 2.19. The number of aliphatic hydroxyl groups is 14. The first-order chi connectivity index (χ1) is 27.8. The molecule has 2 aliphatic rings. The second kappa shape index (κ2) is 14.4. The van der Waals surface area contributed by atoms with Crippen molar-refractivity contribution in [2.24, 2.45) is 0 Å². The van der Waals surface area contributed by atoms with Crippen molar-refractivity contribution in [2.75, 3.05) is 7.05 Å². The van der Waals surface area contributed by atoms with Gasteiger partial charge in [0.05, 0.1) is 11.6 Å². The minimum absolute atomic E-state index is 0.143. The summed E-state index contributed by atoms with van der Waals surface area (Å²) >= 11 is 0. The largest absolute Gasteiger partial charge is 0.507 e. The molecular weight excluding hydrogens is 893 g/mol. The summed E-state index contributed by atoms with van der Waals surface area (Å²) in [6.45, 7) is 1.89. The van der Waals surface area contributed by atoms with Crippen LogP contribution in [0.2, 0.25) is 0 Å². The quantitative estimate of drug-likeness (QED) is 0.0599. The molecule has 63 heavy (non-hydrogen) atoms. The number of amides is 3. The number of aromatic hydroxyl groups is 4. The zero-order valence-electron chi connectivity index (χ0n) is 32.5. The van der Waals surface area contributed by atoms with E-state index in [0.717, 1.165) is 0 Å². The summed E-state index contributed by atoms with van der Waals surface area (Å²) in [6, 6.07) is -13.6. The number of rotatable bonds is 4. The first kappa shape index (κ1) is 50.9. The third-order valence-corrected chi connectivity index (χ3v) is 11.1. The van der Waals surface area contributed by atoms with Gasteiger partial charge >= 0.3 is 47.9 Å². The van der Waals surface area contributed by atoms with Gasteiger partial charge in [-0.05, 0) is 38.8 Å². The molecule has 2 aromatic carbocycles.